The van der Waals surface area contributed by atoms with Gasteiger partial charge in [-0.1, -0.05) is 5.92 Å². The number of methoxy groups -OCH3 is 1. The number of hydrogen-bond acceptors (Lipinski definition) is 7. The van der Waals surface area contributed by atoms with Crippen molar-refractivity contribution in [3.8, 4) is 18.1 Å². The van der Waals surface area contributed by atoms with Crippen LogP contribution in [0, 0.1) is 23.6 Å². The van der Waals surface area contributed by atoms with Crippen LogP contribution in [0.5, 0.6) is 5.75 Å². The number of nitrogens with two attached hydrogens (primary N) is 1. The topological polar surface area (TPSA) is 104 Å². The van der Waals surface area contributed by atoms with Crippen LogP contribution in [0.25, 0.3) is 0 Å². The number of terminal acetylenes is 1. The zero-order chi connectivity index (χ0) is 19.9. The van der Waals surface area contributed by atoms with Crippen LogP contribution in [0.3, 0.4) is 0 Å². The average molecular weight is 366 g/mol. The molecule has 1 atom stereocenters. The molecule has 0 aliphatic rings. The molecule has 1 unspecified atom stereocenters. The highest BCUT2D eigenvalue weighted by Crippen LogP contribution is 2.25. The Morgan fingerprint density at radius 3 is 2.58 bits per heavy atom. The van der Waals surface area contributed by atoms with Crippen LogP contribution in [0.4, 0.5) is 14.9 Å². The summed E-state index contributed by atoms with van der Waals surface area (Å²) in [6, 6.07) is 2.27. The van der Waals surface area contributed by atoms with Gasteiger partial charge < -0.3 is 24.7 Å². The lowest BCUT2D eigenvalue weighted by Crippen LogP contribution is -2.30. The number of nitrogen functional groups attached to an aromatic ring is 1. The van der Waals surface area contributed by atoms with Crippen molar-refractivity contribution in [3.63, 3.8) is 0 Å². The molecule has 0 amide bonds. The third-order valence-corrected chi connectivity index (χ3v) is 3.05. The fraction of sp³-hybridized carbons (Fsp3) is 0.444. The van der Waals surface area contributed by atoms with Gasteiger partial charge >= 0.3 is 6.16 Å². The van der Waals surface area contributed by atoms with Crippen molar-refractivity contribution in [3.05, 3.63) is 23.5 Å². The second-order valence-electron chi connectivity index (χ2n) is 6.33. The minimum Gasteiger partial charge on any atom is -0.488 e. The second kappa shape index (κ2) is 9.06. The molecule has 0 aliphatic carbocycles. The summed E-state index contributed by atoms with van der Waals surface area (Å²) in [5, 5.41) is 7.54. The first-order chi connectivity index (χ1) is 12.1. The number of carbonyl (C=O) groups excluding carboxylic acids is 1. The van der Waals surface area contributed by atoms with E-state index < -0.39 is 23.7 Å². The lowest BCUT2D eigenvalue weighted by atomic mass is 10.1. The normalized spacial score (nSPS) is 12.0. The van der Waals surface area contributed by atoms with Crippen LogP contribution < -0.4 is 10.5 Å². The maximum absolute atomic E-state index is 14.1. The van der Waals surface area contributed by atoms with Gasteiger partial charge in [0.05, 0.1) is 0 Å². The zero-order valence-corrected chi connectivity index (χ0v) is 15.2. The van der Waals surface area contributed by atoms with Crippen LogP contribution in [-0.2, 0) is 14.2 Å². The van der Waals surface area contributed by atoms with Gasteiger partial charge in [0.15, 0.2) is 11.6 Å². The molecule has 0 bridgehead atoms. The van der Waals surface area contributed by atoms with E-state index in [0.29, 0.717) is 0 Å². The molecule has 142 valence electrons. The van der Waals surface area contributed by atoms with E-state index in [0.717, 1.165) is 6.07 Å². The Bertz CT molecular complexity index is 707. The van der Waals surface area contributed by atoms with E-state index >= 15 is 0 Å². The summed E-state index contributed by atoms with van der Waals surface area (Å²) >= 11 is 0. The lowest BCUT2D eigenvalue weighted by molar-refractivity contribution is -0.0407. The third-order valence-electron chi connectivity index (χ3n) is 3.05. The summed E-state index contributed by atoms with van der Waals surface area (Å²) < 4.78 is 34.5. The molecule has 3 N–H and O–H groups in total. The van der Waals surface area contributed by atoms with Crippen molar-refractivity contribution in [2.75, 3.05) is 26.1 Å². The minimum atomic E-state index is -0.841. The van der Waals surface area contributed by atoms with E-state index in [1.54, 1.807) is 20.8 Å². The van der Waals surface area contributed by atoms with Gasteiger partial charge in [-0.25, -0.2) is 9.18 Å². The fourth-order valence-corrected chi connectivity index (χ4v) is 1.78. The molecule has 8 heteroatoms. The van der Waals surface area contributed by atoms with Gasteiger partial charge in [0.2, 0.25) is 0 Å². The number of nitrogens with one attached hydrogen (secondary N) is 1. The molecule has 26 heavy (non-hydrogen) atoms. The van der Waals surface area contributed by atoms with E-state index in [9.17, 15) is 9.18 Å². The van der Waals surface area contributed by atoms with E-state index in [2.05, 4.69) is 5.92 Å². The second-order valence-corrected chi connectivity index (χ2v) is 6.33. The Labute approximate surface area is 152 Å². The predicted octanol–water partition coefficient (Wildman–Crippen LogP) is 2.75. The smallest absolute Gasteiger partial charge is 0.488 e. The fourth-order valence-electron chi connectivity index (χ4n) is 1.78. The van der Waals surface area contributed by atoms with Crippen molar-refractivity contribution in [1.82, 2.24) is 0 Å². The molecule has 1 rings (SSSR count). The number of anilines is 1. The Balaban J connectivity index is 2.66. The van der Waals surface area contributed by atoms with Crippen molar-refractivity contribution >= 4 is 17.6 Å². The molecule has 0 fully saturated rings. The summed E-state index contributed by atoms with van der Waals surface area (Å²) in [7, 11) is 1.40. The first-order valence-corrected chi connectivity index (χ1v) is 7.73. The van der Waals surface area contributed by atoms with E-state index in [-0.39, 0.29) is 35.9 Å². The largest absolute Gasteiger partial charge is 0.508 e. The number of carbonyl (C=O) groups is 1. The van der Waals surface area contributed by atoms with Gasteiger partial charge in [0.1, 0.15) is 30.6 Å². The number of ether oxygens (including phenoxy) is 4. The van der Waals surface area contributed by atoms with Crippen molar-refractivity contribution in [2.45, 2.75) is 32.5 Å². The van der Waals surface area contributed by atoms with Gasteiger partial charge in [-0.15, -0.1) is 6.42 Å². The molecule has 0 heterocycles. The van der Waals surface area contributed by atoms with Crippen molar-refractivity contribution < 1.29 is 28.1 Å². The Hall–Kier alpha value is -2.79. The van der Waals surface area contributed by atoms with Gasteiger partial charge in [0.25, 0.3) is 0 Å². The van der Waals surface area contributed by atoms with Gasteiger partial charge in [0, 0.05) is 24.4 Å². The maximum atomic E-state index is 14.1. The molecule has 7 nitrogen and oxygen atoms in total. The zero-order valence-electron chi connectivity index (χ0n) is 15.2. The van der Waals surface area contributed by atoms with E-state index in [4.69, 9.17) is 36.5 Å². The number of benzene rings is 1. The van der Waals surface area contributed by atoms with E-state index in [1.807, 2.05) is 0 Å². The first-order valence-electron chi connectivity index (χ1n) is 7.73. The highest BCUT2D eigenvalue weighted by molar-refractivity contribution is 6.13. The predicted molar refractivity (Wildman–Crippen MR) is 95.0 cm³/mol. The molecule has 1 aromatic carbocycles. The molecule has 0 spiro atoms. The SMILES string of the molecule is C#CC(=N)c1cc(F)c(OCC(COC(=O)OC(C)(C)C)OC)cc1N. The molecule has 1 aromatic rings. The third kappa shape index (κ3) is 6.61. The quantitative estimate of drug-likeness (QED) is 0.333. The number of rotatable bonds is 7. The maximum Gasteiger partial charge on any atom is 0.508 e. The Morgan fingerprint density at radius 2 is 2.04 bits per heavy atom. The summed E-state index contributed by atoms with van der Waals surface area (Å²) in [6.45, 7) is 4.90. The number of halogens is 1. The van der Waals surface area contributed by atoms with Gasteiger partial charge in [-0.2, -0.15) is 0 Å². The highest BCUT2D eigenvalue weighted by atomic mass is 19.1. The monoisotopic (exact) mass is 366 g/mol. The van der Waals surface area contributed by atoms with Crippen LogP contribution >= 0.6 is 0 Å². The number of hydrogen-bond donors (Lipinski definition) is 2. The lowest BCUT2D eigenvalue weighted by Gasteiger charge is -2.21. The van der Waals surface area contributed by atoms with Gasteiger partial charge in [-0.3, -0.25) is 5.41 Å². The minimum absolute atomic E-state index is 0.0956. The average Bonchev–Trinajstić information content (AvgIpc) is 2.55. The van der Waals surface area contributed by atoms with Crippen molar-refractivity contribution in [1.29, 1.82) is 5.41 Å². The molecule has 0 aromatic heterocycles. The molecule has 0 radical (unpaired) electrons. The van der Waals surface area contributed by atoms with Crippen LogP contribution in [0.2, 0.25) is 0 Å². The highest BCUT2D eigenvalue weighted by Gasteiger charge is 2.20. The Kier molecular flexibility index (Phi) is 7.41. The Morgan fingerprint density at radius 1 is 1.38 bits per heavy atom. The van der Waals surface area contributed by atoms with Crippen LogP contribution in [0.1, 0.15) is 26.3 Å². The van der Waals surface area contributed by atoms with Crippen molar-refractivity contribution in [2.24, 2.45) is 0 Å². The summed E-state index contributed by atoms with van der Waals surface area (Å²) in [5.41, 5.74) is 5.08. The molecule has 0 saturated heterocycles. The molecule has 0 saturated carbocycles. The molecular formula is C18H23FN2O5. The summed E-state index contributed by atoms with van der Waals surface area (Å²) in [4.78, 5) is 11.5. The van der Waals surface area contributed by atoms with Crippen LogP contribution in [-0.4, -0.2) is 43.9 Å². The standard InChI is InChI=1S/C18H23FN2O5/c1-6-14(20)12-7-13(19)16(8-15(12)21)24-9-11(23-5)10-25-17(22)26-18(2,3)4/h1,7-8,11,20H,9-10,21H2,2-5H3. The first kappa shape index (κ1) is 21.3. The summed E-state index contributed by atoms with van der Waals surface area (Å²) in [5.74, 6) is 1.23. The van der Waals surface area contributed by atoms with E-state index in [1.165, 1.54) is 13.2 Å². The molecular weight excluding hydrogens is 343 g/mol. The van der Waals surface area contributed by atoms with Gasteiger partial charge in [-0.05, 0) is 26.8 Å². The van der Waals surface area contributed by atoms with Crippen LogP contribution in [0.15, 0.2) is 12.1 Å². The molecule has 0 aliphatic heterocycles. The summed E-state index contributed by atoms with van der Waals surface area (Å²) in [6.07, 6.45) is 3.63.